The van der Waals surface area contributed by atoms with E-state index in [-0.39, 0.29) is 18.0 Å². The zero-order valence-electron chi connectivity index (χ0n) is 20.6. The average molecular weight is 514 g/mol. The Morgan fingerprint density at radius 1 is 0.946 bits per heavy atom. The van der Waals surface area contributed by atoms with Crippen LogP contribution in [0, 0.1) is 0 Å². The Kier molecular flexibility index (Phi) is 6.35. The van der Waals surface area contributed by atoms with Crippen LogP contribution in [0.15, 0.2) is 72.8 Å². The van der Waals surface area contributed by atoms with Gasteiger partial charge >= 0.3 is 0 Å². The number of H-pyrrole nitrogens is 1. The number of aromatic amines is 1. The van der Waals surface area contributed by atoms with Gasteiger partial charge in [0.05, 0.1) is 18.8 Å². The first-order valence-corrected chi connectivity index (χ1v) is 13.0. The molecule has 0 saturated heterocycles. The van der Waals surface area contributed by atoms with Crippen LogP contribution in [0.3, 0.4) is 0 Å². The Hall–Kier alpha value is -3.77. The summed E-state index contributed by atoms with van der Waals surface area (Å²) in [4.78, 5) is 15.7. The fraction of sp³-hybridized carbons (Fsp3) is 0.267. The lowest BCUT2D eigenvalue weighted by Crippen LogP contribution is -2.37. The molecule has 1 aliphatic heterocycles. The second-order valence-corrected chi connectivity index (χ2v) is 10.1. The van der Waals surface area contributed by atoms with Crippen molar-refractivity contribution in [1.82, 2.24) is 15.1 Å². The maximum atomic E-state index is 13.7. The molecule has 1 aromatic heterocycles. The highest BCUT2D eigenvalue weighted by atomic mass is 35.5. The minimum absolute atomic E-state index is 0.0298. The Labute approximate surface area is 221 Å². The van der Waals surface area contributed by atoms with E-state index in [1.807, 2.05) is 60.7 Å². The van der Waals surface area contributed by atoms with Crippen molar-refractivity contribution >= 4 is 17.5 Å². The van der Waals surface area contributed by atoms with Crippen LogP contribution < -0.4 is 9.47 Å². The highest BCUT2D eigenvalue weighted by molar-refractivity contribution is 6.30. The normalized spacial score (nSPS) is 17.3. The smallest absolute Gasteiger partial charge is 0.273 e. The Morgan fingerprint density at radius 3 is 2.30 bits per heavy atom. The van der Waals surface area contributed by atoms with Gasteiger partial charge in [-0.2, -0.15) is 5.10 Å². The monoisotopic (exact) mass is 513 g/mol. The molecule has 3 aromatic carbocycles. The van der Waals surface area contributed by atoms with Gasteiger partial charge in [-0.15, -0.1) is 0 Å². The van der Waals surface area contributed by atoms with Gasteiger partial charge < -0.3 is 14.4 Å². The van der Waals surface area contributed by atoms with E-state index in [0.717, 1.165) is 65.1 Å². The molecule has 4 aromatic rings. The first-order valence-electron chi connectivity index (χ1n) is 12.6. The van der Waals surface area contributed by atoms with Gasteiger partial charge in [0.15, 0.2) is 0 Å². The third-order valence-electron chi connectivity index (χ3n) is 7.40. The summed E-state index contributed by atoms with van der Waals surface area (Å²) in [5.41, 5.74) is 5.39. The van der Waals surface area contributed by atoms with E-state index < -0.39 is 0 Å². The van der Waals surface area contributed by atoms with E-state index in [1.54, 1.807) is 7.11 Å². The molecule has 1 aliphatic carbocycles. The van der Waals surface area contributed by atoms with E-state index in [9.17, 15) is 4.79 Å². The zero-order chi connectivity index (χ0) is 25.4. The fourth-order valence-corrected chi connectivity index (χ4v) is 5.64. The number of carbonyl (C=O) groups excluding carboxylic acids is 1. The van der Waals surface area contributed by atoms with E-state index in [4.69, 9.17) is 21.1 Å². The standard InChI is InChI=1S/C30H28ClN3O3/c1-36-24-14-8-20(9-15-24)27-26-28(33-32-27)30(35)34(23-4-2-3-5-23)29(26)21-10-16-25(17-11-21)37-18-19-6-12-22(31)13-7-19/h6-17,23,29H,2-5,18H2,1H3,(H,32,33). The quantitative estimate of drug-likeness (QED) is 0.295. The molecule has 0 radical (unpaired) electrons. The lowest BCUT2D eigenvalue weighted by Gasteiger charge is -2.32. The largest absolute Gasteiger partial charge is 0.497 e. The number of halogens is 1. The molecule has 1 atom stereocenters. The average Bonchev–Trinajstić information content (AvgIpc) is 3.67. The van der Waals surface area contributed by atoms with E-state index in [2.05, 4.69) is 27.2 Å². The van der Waals surface area contributed by atoms with Crippen LogP contribution in [0.4, 0.5) is 0 Å². The minimum atomic E-state index is -0.202. The molecular weight excluding hydrogens is 486 g/mol. The highest BCUT2D eigenvalue weighted by Gasteiger charge is 2.45. The summed E-state index contributed by atoms with van der Waals surface area (Å²) in [6.07, 6.45) is 4.35. The number of rotatable bonds is 7. The van der Waals surface area contributed by atoms with Gasteiger partial charge in [0.25, 0.3) is 5.91 Å². The summed E-state index contributed by atoms with van der Waals surface area (Å²) in [6, 6.07) is 23.6. The number of nitrogens with one attached hydrogen (secondary N) is 1. The molecule has 1 unspecified atom stereocenters. The second kappa shape index (κ2) is 9.94. The predicted octanol–water partition coefficient (Wildman–Crippen LogP) is 6.81. The molecule has 2 aliphatic rings. The summed E-state index contributed by atoms with van der Waals surface area (Å²) < 4.78 is 11.3. The number of amides is 1. The number of ether oxygens (including phenoxy) is 2. The predicted molar refractivity (Wildman–Crippen MR) is 143 cm³/mol. The highest BCUT2D eigenvalue weighted by Crippen LogP contribution is 2.46. The summed E-state index contributed by atoms with van der Waals surface area (Å²) >= 11 is 5.99. The Morgan fingerprint density at radius 2 is 1.62 bits per heavy atom. The van der Waals surface area contributed by atoms with Crippen molar-refractivity contribution in [3.05, 3.63) is 100 Å². The SMILES string of the molecule is COc1ccc(-c2n[nH]c3c2C(c2ccc(OCc4ccc(Cl)cc4)cc2)N(C2CCCC2)C3=O)cc1. The Bertz CT molecular complexity index is 1390. The van der Waals surface area contributed by atoms with Gasteiger partial charge in [-0.25, -0.2) is 0 Å². The van der Waals surface area contributed by atoms with Gasteiger partial charge in [-0.05, 0) is 72.5 Å². The van der Waals surface area contributed by atoms with Crippen molar-refractivity contribution in [3.63, 3.8) is 0 Å². The van der Waals surface area contributed by atoms with E-state index >= 15 is 0 Å². The maximum Gasteiger partial charge on any atom is 0.273 e. The first kappa shape index (κ1) is 23.6. The molecule has 1 saturated carbocycles. The van der Waals surface area contributed by atoms with Crippen LogP contribution >= 0.6 is 11.6 Å². The summed E-state index contributed by atoms with van der Waals surface area (Å²) in [6.45, 7) is 0.458. The van der Waals surface area contributed by atoms with Crippen molar-refractivity contribution in [2.24, 2.45) is 0 Å². The molecule has 188 valence electrons. The molecule has 1 fully saturated rings. The van der Waals surface area contributed by atoms with Crippen LogP contribution in [-0.4, -0.2) is 34.2 Å². The van der Waals surface area contributed by atoms with E-state index in [0.29, 0.717) is 17.3 Å². The summed E-state index contributed by atoms with van der Waals surface area (Å²) in [7, 11) is 1.65. The van der Waals surface area contributed by atoms with Crippen LogP contribution in [0.5, 0.6) is 11.5 Å². The number of benzene rings is 3. The maximum absolute atomic E-state index is 13.7. The molecule has 37 heavy (non-hydrogen) atoms. The minimum Gasteiger partial charge on any atom is -0.497 e. The van der Waals surface area contributed by atoms with Crippen molar-refractivity contribution in [3.8, 4) is 22.8 Å². The lowest BCUT2D eigenvalue weighted by molar-refractivity contribution is 0.0660. The second-order valence-electron chi connectivity index (χ2n) is 9.63. The third kappa shape index (κ3) is 4.46. The first-order chi connectivity index (χ1) is 18.1. The van der Waals surface area contributed by atoms with Gasteiger partial charge in [0.1, 0.15) is 23.8 Å². The van der Waals surface area contributed by atoms with Crippen molar-refractivity contribution in [1.29, 1.82) is 0 Å². The number of hydrogen-bond acceptors (Lipinski definition) is 4. The van der Waals surface area contributed by atoms with Crippen molar-refractivity contribution in [2.45, 2.75) is 44.4 Å². The topological polar surface area (TPSA) is 67.5 Å². The van der Waals surface area contributed by atoms with Gasteiger partial charge in [0.2, 0.25) is 0 Å². The molecule has 6 rings (SSSR count). The van der Waals surface area contributed by atoms with E-state index in [1.165, 1.54) is 0 Å². The van der Waals surface area contributed by atoms with Crippen LogP contribution in [0.2, 0.25) is 5.02 Å². The van der Waals surface area contributed by atoms with Crippen molar-refractivity contribution in [2.75, 3.05) is 7.11 Å². The molecule has 7 heteroatoms. The molecule has 1 N–H and O–H groups in total. The fourth-order valence-electron chi connectivity index (χ4n) is 5.51. The third-order valence-corrected chi connectivity index (χ3v) is 7.65. The Balaban J connectivity index is 1.33. The number of aromatic nitrogens is 2. The van der Waals surface area contributed by atoms with Crippen LogP contribution in [-0.2, 0) is 6.61 Å². The lowest BCUT2D eigenvalue weighted by atomic mass is 9.95. The van der Waals surface area contributed by atoms with Crippen molar-refractivity contribution < 1.29 is 14.3 Å². The number of hydrogen-bond donors (Lipinski definition) is 1. The van der Waals surface area contributed by atoms with Crippen LogP contribution in [0.25, 0.3) is 11.3 Å². The van der Waals surface area contributed by atoms with Gasteiger partial charge in [-0.1, -0.05) is 48.7 Å². The number of methoxy groups -OCH3 is 1. The molecular formula is C30H28ClN3O3. The number of carbonyl (C=O) groups is 1. The zero-order valence-corrected chi connectivity index (χ0v) is 21.4. The molecule has 1 amide bonds. The van der Waals surface area contributed by atoms with Gasteiger partial charge in [-0.3, -0.25) is 9.89 Å². The number of nitrogens with zero attached hydrogens (tertiary/aromatic N) is 2. The summed E-state index contributed by atoms with van der Waals surface area (Å²) in [5.74, 6) is 1.59. The number of fused-ring (bicyclic) bond motifs is 1. The van der Waals surface area contributed by atoms with Gasteiger partial charge in [0, 0.05) is 22.2 Å². The molecule has 2 heterocycles. The molecule has 6 nitrogen and oxygen atoms in total. The summed E-state index contributed by atoms with van der Waals surface area (Å²) in [5, 5.41) is 8.36. The molecule has 0 bridgehead atoms. The molecule has 0 spiro atoms. The van der Waals surface area contributed by atoms with Crippen LogP contribution in [0.1, 0.15) is 58.9 Å².